The van der Waals surface area contributed by atoms with Gasteiger partial charge < -0.3 is 5.32 Å². The molecule has 4 heterocycles. The Morgan fingerprint density at radius 1 is 1.10 bits per heavy atom. The van der Waals surface area contributed by atoms with E-state index in [9.17, 15) is 0 Å². The smallest absolute Gasteiger partial charge is 0.150 e. The first-order chi connectivity index (χ1) is 14.8. The lowest BCUT2D eigenvalue weighted by Gasteiger charge is -2.40. The van der Waals surface area contributed by atoms with Gasteiger partial charge in [-0.3, -0.25) is 9.88 Å². The van der Waals surface area contributed by atoms with Gasteiger partial charge >= 0.3 is 0 Å². The number of aromatic nitrogens is 4. The van der Waals surface area contributed by atoms with Crippen molar-refractivity contribution in [2.75, 3.05) is 18.4 Å². The molecular weight excluding hydrogens is 371 g/mol. The summed E-state index contributed by atoms with van der Waals surface area (Å²) >= 11 is 0. The number of nitrogens with one attached hydrogen (secondary N) is 1. The number of hydrogen-bond donors (Lipinski definition) is 1. The molecule has 3 aromatic heterocycles. The second kappa shape index (κ2) is 8.76. The van der Waals surface area contributed by atoms with Gasteiger partial charge in [-0.1, -0.05) is 25.3 Å². The molecule has 0 bridgehead atoms. The molecule has 6 nitrogen and oxygen atoms in total. The Hall–Kier alpha value is -2.41. The highest BCUT2D eigenvalue weighted by Gasteiger charge is 2.29. The zero-order chi connectivity index (χ0) is 20.3. The topological polar surface area (TPSA) is 58.4 Å². The van der Waals surface area contributed by atoms with Gasteiger partial charge in [0.15, 0.2) is 5.65 Å². The Kier molecular flexibility index (Phi) is 5.71. The molecule has 0 aromatic carbocycles. The Morgan fingerprint density at radius 3 is 2.83 bits per heavy atom. The van der Waals surface area contributed by atoms with Gasteiger partial charge in [-0.2, -0.15) is 9.61 Å². The molecule has 1 N–H and O–H groups in total. The van der Waals surface area contributed by atoms with Crippen LogP contribution in [-0.4, -0.2) is 51.5 Å². The third-order valence-corrected chi connectivity index (χ3v) is 6.68. The average Bonchev–Trinajstić information content (AvgIpc) is 3.19. The first-order valence-electron chi connectivity index (χ1n) is 11.3. The van der Waals surface area contributed by atoms with Crippen LogP contribution in [-0.2, 0) is 6.54 Å². The van der Waals surface area contributed by atoms with Gasteiger partial charge in [-0.25, -0.2) is 4.98 Å². The minimum Gasteiger partial charge on any atom is -0.366 e. The Morgan fingerprint density at radius 2 is 2.00 bits per heavy atom. The van der Waals surface area contributed by atoms with E-state index in [0.717, 1.165) is 35.3 Å². The fourth-order valence-corrected chi connectivity index (χ4v) is 5.05. The van der Waals surface area contributed by atoms with Crippen LogP contribution >= 0.6 is 0 Å². The zero-order valence-corrected chi connectivity index (χ0v) is 17.5. The SMILES string of the molecule is [B]c1cnn2c(NCc3cccnc3)cc(C3CCCN(C4CCCCC4)C3)nc12. The lowest BCUT2D eigenvalue weighted by molar-refractivity contribution is 0.118. The molecule has 1 atom stereocenters. The number of piperidine rings is 1. The minimum atomic E-state index is 0.443. The predicted octanol–water partition coefficient (Wildman–Crippen LogP) is 3.04. The van der Waals surface area contributed by atoms with Crippen molar-refractivity contribution >= 4 is 24.8 Å². The van der Waals surface area contributed by atoms with Crippen molar-refractivity contribution in [3.05, 3.63) is 48.0 Å². The quantitative estimate of drug-likeness (QED) is 0.668. The van der Waals surface area contributed by atoms with Crippen molar-refractivity contribution in [3.63, 3.8) is 0 Å². The number of hydrogen-bond acceptors (Lipinski definition) is 5. The zero-order valence-electron chi connectivity index (χ0n) is 17.5. The Bertz CT molecular complexity index is 982. The second-order valence-electron chi connectivity index (χ2n) is 8.74. The Labute approximate surface area is 179 Å². The number of rotatable bonds is 5. The molecule has 1 aliphatic heterocycles. The van der Waals surface area contributed by atoms with Gasteiger partial charge in [0.25, 0.3) is 0 Å². The van der Waals surface area contributed by atoms with Gasteiger partial charge in [0, 0.05) is 49.7 Å². The van der Waals surface area contributed by atoms with Gasteiger partial charge in [0.05, 0.1) is 5.69 Å². The number of pyridine rings is 1. The normalized spacial score (nSPS) is 21.1. The summed E-state index contributed by atoms with van der Waals surface area (Å²) in [7, 11) is 6.20. The first kappa shape index (κ1) is 19.6. The summed E-state index contributed by atoms with van der Waals surface area (Å²) in [6.45, 7) is 3.01. The van der Waals surface area contributed by atoms with E-state index in [1.807, 2.05) is 16.8 Å². The lowest BCUT2D eigenvalue weighted by Crippen LogP contribution is -2.43. The maximum Gasteiger partial charge on any atom is 0.150 e. The molecule has 1 saturated heterocycles. The van der Waals surface area contributed by atoms with Gasteiger partial charge in [0.1, 0.15) is 13.7 Å². The molecule has 1 aliphatic carbocycles. The minimum absolute atomic E-state index is 0.443. The van der Waals surface area contributed by atoms with Crippen LogP contribution in [0.15, 0.2) is 36.8 Å². The van der Waals surface area contributed by atoms with Crippen molar-refractivity contribution in [3.8, 4) is 0 Å². The highest BCUT2D eigenvalue weighted by molar-refractivity contribution is 6.36. The number of fused-ring (bicyclic) bond motifs is 1. The summed E-state index contributed by atoms with van der Waals surface area (Å²) in [6, 6.07) is 6.96. The van der Waals surface area contributed by atoms with Gasteiger partial charge in [-0.05, 0) is 49.3 Å². The molecule has 5 rings (SSSR count). The molecule has 154 valence electrons. The molecule has 30 heavy (non-hydrogen) atoms. The van der Waals surface area contributed by atoms with Crippen LogP contribution in [0.2, 0.25) is 0 Å². The standard InChI is InChI=1S/C23H29BN6/c24-20-15-27-30-22(26-14-17-6-4-10-25-13-17)12-21(28-23(20)30)18-7-5-11-29(16-18)19-8-2-1-3-9-19/h4,6,10,12-13,15,18-19,26H,1-3,5,7-9,11,14,16H2. The van der Waals surface area contributed by atoms with Crippen LogP contribution in [0.3, 0.4) is 0 Å². The monoisotopic (exact) mass is 400 g/mol. The third kappa shape index (κ3) is 4.08. The molecule has 2 fully saturated rings. The summed E-state index contributed by atoms with van der Waals surface area (Å²) in [5.41, 5.74) is 3.63. The molecule has 2 radical (unpaired) electrons. The molecule has 2 aliphatic rings. The molecular formula is C23H29BN6. The molecule has 7 heteroatoms. The van der Waals surface area contributed by atoms with Crippen LogP contribution in [0.5, 0.6) is 0 Å². The molecule has 0 spiro atoms. The summed E-state index contributed by atoms with van der Waals surface area (Å²) in [6.07, 6.45) is 14.7. The van der Waals surface area contributed by atoms with Crippen LogP contribution < -0.4 is 10.8 Å². The van der Waals surface area contributed by atoms with E-state index in [-0.39, 0.29) is 0 Å². The second-order valence-corrected chi connectivity index (χ2v) is 8.74. The summed E-state index contributed by atoms with van der Waals surface area (Å²) < 4.78 is 1.82. The van der Waals surface area contributed by atoms with Gasteiger partial charge in [0.2, 0.25) is 0 Å². The number of likely N-dealkylation sites (tertiary alicyclic amines) is 1. The van der Waals surface area contributed by atoms with Crippen molar-refractivity contribution in [1.82, 2.24) is 24.5 Å². The van der Waals surface area contributed by atoms with E-state index >= 15 is 0 Å². The summed E-state index contributed by atoms with van der Waals surface area (Å²) in [5, 5.41) is 7.97. The summed E-state index contributed by atoms with van der Waals surface area (Å²) in [4.78, 5) is 11.9. The van der Waals surface area contributed by atoms with Crippen LogP contribution in [0, 0.1) is 0 Å². The number of anilines is 1. The van der Waals surface area contributed by atoms with Crippen molar-refractivity contribution < 1.29 is 0 Å². The molecule has 1 unspecified atom stereocenters. The van der Waals surface area contributed by atoms with E-state index in [1.54, 1.807) is 12.4 Å². The van der Waals surface area contributed by atoms with Crippen molar-refractivity contribution in [2.24, 2.45) is 0 Å². The maximum atomic E-state index is 6.20. The lowest BCUT2D eigenvalue weighted by atomic mass is 9.89. The predicted molar refractivity (Wildman–Crippen MR) is 120 cm³/mol. The van der Waals surface area contributed by atoms with Crippen molar-refractivity contribution in [2.45, 2.75) is 63.5 Å². The van der Waals surface area contributed by atoms with Gasteiger partial charge in [-0.15, -0.1) is 0 Å². The Balaban J connectivity index is 1.40. The molecule has 0 amide bonds. The van der Waals surface area contributed by atoms with E-state index in [4.69, 9.17) is 12.8 Å². The largest absolute Gasteiger partial charge is 0.366 e. The van der Waals surface area contributed by atoms with Crippen LogP contribution in [0.1, 0.15) is 62.1 Å². The van der Waals surface area contributed by atoms with E-state index in [2.05, 4.69) is 32.4 Å². The van der Waals surface area contributed by atoms with E-state index in [1.165, 1.54) is 51.5 Å². The highest BCUT2D eigenvalue weighted by Crippen LogP contribution is 2.32. The van der Waals surface area contributed by atoms with E-state index < -0.39 is 0 Å². The van der Waals surface area contributed by atoms with Crippen LogP contribution in [0.25, 0.3) is 5.65 Å². The van der Waals surface area contributed by atoms with E-state index in [0.29, 0.717) is 17.9 Å². The third-order valence-electron chi connectivity index (χ3n) is 6.68. The average molecular weight is 400 g/mol. The van der Waals surface area contributed by atoms with Crippen LogP contribution in [0.4, 0.5) is 5.82 Å². The maximum absolute atomic E-state index is 6.20. The summed E-state index contributed by atoms with van der Waals surface area (Å²) in [5.74, 6) is 1.38. The fourth-order valence-electron chi connectivity index (χ4n) is 5.05. The number of nitrogens with zero attached hydrogens (tertiary/aromatic N) is 5. The molecule has 1 saturated carbocycles. The fraction of sp³-hybridized carbons (Fsp3) is 0.522. The van der Waals surface area contributed by atoms with Crippen molar-refractivity contribution in [1.29, 1.82) is 0 Å². The molecule has 3 aromatic rings. The highest BCUT2D eigenvalue weighted by atomic mass is 15.3. The first-order valence-corrected chi connectivity index (χ1v) is 11.3.